The SMILES string of the molecule is CC[C@H](Cl)C(=O)N1CCC(C#N)CC1. The topological polar surface area (TPSA) is 44.1 Å². The summed E-state index contributed by atoms with van der Waals surface area (Å²) in [5.41, 5.74) is 0. The van der Waals surface area contributed by atoms with Gasteiger partial charge in [-0.15, -0.1) is 11.6 Å². The van der Waals surface area contributed by atoms with E-state index in [0.717, 1.165) is 12.8 Å². The number of hydrogen-bond donors (Lipinski definition) is 0. The summed E-state index contributed by atoms with van der Waals surface area (Å²) in [5, 5.41) is 8.30. The zero-order valence-electron chi connectivity index (χ0n) is 8.37. The molecular weight excluding hydrogens is 200 g/mol. The molecule has 0 aliphatic carbocycles. The largest absolute Gasteiger partial charge is 0.341 e. The molecular formula is C10H15ClN2O. The first-order valence-electron chi connectivity index (χ1n) is 5.01. The Balaban J connectivity index is 2.42. The van der Waals surface area contributed by atoms with Crippen LogP contribution in [0.3, 0.4) is 0 Å². The molecule has 1 atom stereocenters. The molecule has 1 aliphatic heterocycles. The van der Waals surface area contributed by atoms with Crippen molar-refractivity contribution in [2.45, 2.75) is 31.6 Å². The fraction of sp³-hybridized carbons (Fsp3) is 0.800. The number of likely N-dealkylation sites (tertiary alicyclic amines) is 1. The van der Waals surface area contributed by atoms with Crippen LogP contribution in [0.2, 0.25) is 0 Å². The molecule has 14 heavy (non-hydrogen) atoms. The molecule has 1 saturated heterocycles. The van der Waals surface area contributed by atoms with E-state index in [2.05, 4.69) is 6.07 Å². The van der Waals surface area contributed by atoms with Crippen LogP contribution in [0.15, 0.2) is 0 Å². The predicted molar refractivity (Wildman–Crippen MR) is 54.8 cm³/mol. The monoisotopic (exact) mass is 214 g/mol. The van der Waals surface area contributed by atoms with E-state index in [0.29, 0.717) is 19.5 Å². The summed E-state index contributed by atoms with van der Waals surface area (Å²) < 4.78 is 0. The number of rotatable bonds is 2. The Kier molecular flexibility index (Phi) is 4.21. The van der Waals surface area contributed by atoms with E-state index in [9.17, 15) is 4.79 Å². The third-order valence-corrected chi connectivity index (χ3v) is 3.11. The normalized spacial score (nSPS) is 20.2. The van der Waals surface area contributed by atoms with Crippen LogP contribution in [-0.4, -0.2) is 29.3 Å². The predicted octanol–water partition coefficient (Wildman–Crippen LogP) is 1.77. The molecule has 0 aromatic rings. The van der Waals surface area contributed by atoms with Gasteiger partial charge < -0.3 is 4.90 Å². The highest BCUT2D eigenvalue weighted by Crippen LogP contribution is 2.18. The van der Waals surface area contributed by atoms with Gasteiger partial charge >= 0.3 is 0 Å². The Hall–Kier alpha value is -0.750. The van der Waals surface area contributed by atoms with E-state index >= 15 is 0 Å². The molecule has 0 aromatic carbocycles. The molecule has 78 valence electrons. The minimum absolute atomic E-state index is 0.0190. The Morgan fingerprint density at radius 3 is 2.64 bits per heavy atom. The van der Waals surface area contributed by atoms with Crippen LogP contribution in [0.4, 0.5) is 0 Å². The number of alkyl halides is 1. The molecule has 0 unspecified atom stereocenters. The van der Waals surface area contributed by atoms with Crippen molar-refractivity contribution < 1.29 is 4.79 Å². The van der Waals surface area contributed by atoms with Crippen molar-refractivity contribution in [2.75, 3.05) is 13.1 Å². The molecule has 1 amide bonds. The third-order valence-electron chi connectivity index (χ3n) is 2.62. The van der Waals surface area contributed by atoms with Crippen molar-refractivity contribution in [1.29, 1.82) is 5.26 Å². The van der Waals surface area contributed by atoms with E-state index in [1.807, 2.05) is 6.92 Å². The van der Waals surface area contributed by atoms with Crippen LogP contribution in [0, 0.1) is 17.2 Å². The summed E-state index contributed by atoms with van der Waals surface area (Å²) >= 11 is 5.86. The molecule has 0 spiro atoms. The van der Waals surface area contributed by atoms with Crippen molar-refractivity contribution in [2.24, 2.45) is 5.92 Å². The lowest BCUT2D eigenvalue weighted by atomic mass is 9.98. The molecule has 0 bridgehead atoms. The van der Waals surface area contributed by atoms with Gasteiger partial charge in [0.05, 0.1) is 6.07 Å². The second kappa shape index (κ2) is 5.21. The standard InChI is InChI=1S/C10H15ClN2O/c1-2-9(11)10(14)13-5-3-8(7-12)4-6-13/h8-9H,2-6H2,1H3/t9-/m0/s1. The van der Waals surface area contributed by atoms with Crippen molar-refractivity contribution in [3.05, 3.63) is 0 Å². The van der Waals surface area contributed by atoms with Gasteiger partial charge in [0.15, 0.2) is 0 Å². The molecule has 4 heteroatoms. The molecule has 0 aromatic heterocycles. The second-order valence-corrected chi connectivity index (χ2v) is 4.13. The van der Waals surface area contributed by atoms with Crippen molar-refractivity contribution in [3.63, 3.8) is 0 Å². The quantitative estimate of drug-likeness (QED) is 0.658. The van der Waals surface area contributed by atoms with E-state index in [4.69, 9.17) is 16.9 Å². The Bertz CT molecular complexity index is 241. The van der Waals surface area contributed by atoms with Crippen molar-refractivity contribution in [1.82, 2.24) is 4.90 Å². The fourth-order valence-electron chi connectivity index (χ4n) is 1.60. The summed E-state index contributed by atoms with van der Waals surface area (Å²) in [7, 11) is 0. The van der Waals surface area contributed by atoms with Gasteiger partial charge in [-0.1, -0.05) is 6.92 Å². The van der Waals surface area contributed by atoms with E-state index in [1.54, 1.807) is 4.90 Å². The van der Waals surface area contributed by atoms with Gasteiger partial charge in [-0.25, -0.2) is 0 Å². The summed E-state index contributed by atoms with van der Waals surface area (Å²) in [6.07, 6.45) is 2.24. The fourth-order valence-corrected chi connectivity index (χ4v) is 1.74. The molecule has 0 saturated carbocycles. The van der Waals surface area contributed by atoms with Crippen molar-refractivity contribution in [3.8, 4) is 6.07 Å². The number of nitriles is 1. The van der Waals surface area contributed by atoms with Crippen LogP contribution in [-0.2, 0) is 4.79 Å². The van der Waals surface area contributed by atoms with Gasteiger partial charge in [0.2, 0.25) is 5.91 Å². The highest BCUT2D eigenvalue weighted by molar-refractivity contribution is 6.30. The third kappa shape index (κ3) is 2.62. The van der Waals surface area contributed by atoms with Crippen LogP contribution in [0.25, 0.3) is 0 Å². The van der Waals surface area contributed by atoms with Gasteiger partial charge in [-0.2, -0.15) is 5.26 Å². The summed E-state index contributed by atoms with van der Waals surface area (Å²) in [6.45, 7) is 3.26. The van der Waals surface area contributed by atoms with Gasteiger partial charge in [0.25, 0.3) is 0 Å². The lowest BCUT2D eigenvalue weighted by molar-refractivity contribution is -0.132. The highest BCUT2D eigenvalue weighted by atomic mass is 35.5. The molecule has 0 radical (unpaired) electrons. The van der Waals surface area contributed by atoms with Crippen LogP contribution in [0.5, 0.6) is 0 Å². The summed E-state index contributed by atoms with van der Waals surface area (Å²) in [5.74, 6) is 0.139. The molecule has 1 fully saturated rings. The van der Waals surface area contributed by atoms with Gasteiger partial charge in [0, 0.05) is 19.0 Å². The van der Waals surface area contributed by atoms with Gasteiger partial charge in [0.1, 0.15) is 5.38 Å². The van der Waals surface area contributed by atoms with Crippen LogP contribution < -0.4 is 0 Å². The maximum absolute atomic E-state index is 11.6. The number of amides is 1. The zero-order valence-corrected chi connectivity index (χ0v) is 9.13. The molecule has 1 aliphatic rings. The average Bonchev–Trinajstić information content (AvgIpc) is 2.27. The summed E-state index contributed by atoms with van der Waals surface area (Å²) in [6, 6.07) is 2.24. The minimum Gasteiger partial charge on any atom is -0.341 e. The second-order valence-electron chi connectivity index (χ2n) is 3.60. The lowest BCUT2D eigenvalue weighted by Crippen LogP contribution is -2.42. The number of nitrogens with zero attached hydrogens (tertiary/aromatic N) is 2. The number of halogens is 1. The maximum Gasteiger partial charge on any atom is 0.240 e. The number of carbonyl (C=O) groups excluding carboxylic acids is 1. The van der Waals surface area contributed by atoms with E-state index in [1.165, 1.54) is 0 Å². The molecule has 1 rings (SSSR count). The van der Waals surface area contributed by atoms with Gasteiger partial charge in [-0.05, 0) is 19.3 Å². The van der Waals surface area contributed by atoms with E-state index in [-0.39, 0.29) is 11.8 Å². The molecule has 1 heterocycles. The van der Waals surface area contributed by atoms with Crippen LogP contribution in [0.1, 0.15) is 26.2 Å². The van der Waals surface area contributed by atoms with E-state index < -0.39 is 5.38 Å². The molecule has 0 N–H and O–H groups in total. The Morgan fingerprint density at radius 1 is 1.64 bits per heavy atom. The zero-order chi connectivity index (χ0) is 10.6. The minimum atomic E-state index is -0.395. The van der Waals surface area contributed by atoms with Gasteiger partial charge in [-0.3, -0.25) is 4.79 Å². The number of carbonyl (C=O) groups is 1. The lowest BCUT2D eigenvalue weighted by Gasteiger charge is -2.30. The number of hydrogen-bond acceptors (Lipinski definition) is 2. The highest BCUT2D eigenvalue weighted by Gasteiger charge is 2.25. The first-order valence-corrected chi connectivity index (χ1v) is 5.45. The smallest absolute Gasteiger partial charge is 0.240 e. The number of piperidine rings is 1. The van der Waals surface area contributed by atoms with Crippen molar-refractivity contribution >= 4 is 17.5 Å². The first-order chi connectivity index (χ1) is 6.69. The van der Waals surface area contributed by atoms with Crippen LogP contribution >= 0.6 is 11.6 Å². The first kappa shape index (κ1) is 11.3. The maximum atomic E-state index is 11.6. The summed E-state index contributed by atoms with van der Waals surface area (Å²) in [4.78, 5) is 13.4. The Morgan fingerprint density at radius 2 is 2.21 bits per heavy atom. The average molecular weight is 215 g/mol. The molecule has 3 nitrogen and oxygen atoms in total. The Labute approximate surface area is 89.6 Å².